The lowest BCUT2D eigenvalue weighted by Gasteiger charge is -2.39. The van der Waals surface area contributed by atoms with Crippen LogP contribution in [0.5, 0.6) is 0 Å². The molecule has 0 saturated carbocycles. The van der Waals surface area contributed by atoms with E-state index < -0.39 is 11.7 Å². The molecule has 1 aromatic carbocycles. The molecule has 1 unspecified atom stereocenters. The number of Topliss-reactive ketones (excluding diaryl/α,β-unsaturated/α-hetero) is 1. The van der Waals surface area contributed by atoms with Crippen LogP contribution < -0.4 is 10.6 Å². The van der Waals surface area contributed by atoms with Crippen molar-refractivity contribution in [2.45, 2.75) is 25.2 Å². The van der Waals surface area contributed by atoms with Gasteiger partial charge in [0, 0.05) is 27.0 Å². The molecule has 4 rings (SSSR count). The van der Waals surface area contributed by atoms with Gasteiger partial charge in [-0.15, -0.1) is 11.3 Å². The van der Waals surface area contributed by atoms with Gasteiger partial charge in [-0.25, -0.2) is 4.39 Å². The van der Waals surface area contributed by atoms with Crippen molar-refractivity contribution < 1.29 is 9.18 Å². The lowest BCUT2D eigenvalue weighted by atomic mass is 9.78. The number of nitriles is 1. The minimum absolute atomic E-state index is 0.00239. The highest BCUT2D eigenvalue weighted by molar-refractivity contribution is 9.10. The predicted molar refractivity (Wildman–Crippen MR) is 106 cm³/mol. The Morgan fingerprint density at radius 3 is 2.81 bits per heavy atom. The molecule has 1 atom stereocenters. The largest absolute Gasteiger partial charge is 0.384 e. The first-order valence-corrected chi connectivity index (χ1v) is 10.1. The van der Waals surface area contributed by atoms with Crippen LogP contribution in [-0.4, -0.2) is 5.78 Å². The van der Waals surface area contributed by atoms with Crippen LogP contribution in [0.2, 0.25) is 0 Å². The van der Waals surface area contributed by atoms with Gasteiger partial charge >= 0.3 is 0 Å². The molecule has 2 aliphatic rings. The molecule has 0 radical (unpaired) electrons. The third-order valence-electron chi connectivity index (χ3n) is 4.89. The van der Waals surface area contributed by atoms with E-state index in [0.29, 0.717) is 35.0 Å². The molecule has 0 amide bonds. The number of hydrogen-bond donors (Lipinski definition) is 1. The van der Waals surface area contributed by atoms with Crippen LogP contribution in [0, 0.1) is 17.1 Å². The number of ketones is 1. The molecule has 27 heavy (non-hydrogen) atoms. The summed E-state index contributed by atoms with van der Waals surface area (Å²) in [6, 6.07) is 10.6. The van der Waals surface area contributed by atoms with Gasteiger partial charge in [-0.1, -0.05) is 22.0 Å². The smallest absolute Gasteiger partial charge is 0.161 e. The molecule has 136 valence electrons. The maximum atomic E-state index is 14.7. The summed E-state index contributed by atoms with van der Waals surface area (Å²) in [4.78, 5) is 15.3. The van der Waals surface area contributed by atoms with E-state index in [-0.39, 0.29) is 22.9 Å². The average molecular weight is 444 g/mol. The minimum Gasteiger partial charge on any atom is -0.384 e. The molecule has 0 bridgehead atoms. The van der Waals surface area contributed by atoms with E-state index in [0.717, 1.165) is 4.88 Å². The summed E-state index contributed by atoms with van der Waals surface area (Å²) >= 11 is 4.74. The number of allylic oxidation sites excluding steroid dienone is 3. The monoisotopic (exact) mass is 443 g/mol. The van der Waals surface area contributed by atoms with Gasteiger partial charge in [-0.3, -0.25) is 9.69 Å². The second-order valence-electron chi connectivity index (χ2n) is 6.43. The van der Waals surface area contributed by atoms with Gasteiger partial charge in [-0.2, -0.15) is 5.26 Å². The number of carbonyl (C=O) groups excluding carboxylic acids is 1. The highest BCUT2D eigenvalue weighted by Crippen LogP contribution is 2.47. The van der Waals surface area contributed by atoms with Crippen molar-refractivity contribution in [3.8, 4) is 6.07 Å². The minimum atomic E-state index is -0.479. The molecule has 2 heterocycles. The van der Waals surface area contributed by atoms with Crippen LogP contribution in [0.15, 0.2) is 62.8 Å². The molecule has 0 saturated heterocycles. The van der Waals surface area contributed by atoms with Gasteiger partial charge in [0.05, 0.1) is 23.2 Å². The van der Waals surface area contributed by atoms with E-state index in [9.17, 15) is 14.4 Å². The summed E-state index contributed by atoms with van der Waals surface area (Å²) < 4.78 is 15.3. The zero-order valence-corrected chi connectivity index (χ0v) is 16.6. The van der Waals surface area contributed by atoms with Gasteiger partial charge in [0.2, 0.25) is 0 Å². The number of rotatable bonds is 2. The standard InChI is InChI=1S/C20H15BrFN3OS/c21-11-6-7-14(13(22)9-11)25-15-3-1-4-16(26)19(15)18(12(10-23)20(25)24)17-5-2-8-27-17/h2,5-9,18H,1,3-4,24H2. The zero-order valence-electron chi connectivity index (χ0n) is 14.2. The summed E-state index contributed by atoms with van der Waals surface area (Å²) in [6.07, 6.45) is 1.71. The number of nitrogens with zero attached hydrogens (tertiary/aromatic N) is 2. The molecule has 2 aromatic rings. The Labute approximate surface area is 168 Å². The normalized spacial score (nSPS) is 20.0. The van der Waals surface area contributed by atoms with Gasteiger partial charge in [0.15, 0.2) is 5.78 Å². The number of thiophene rings is 1. The Morgan fingerprint density at radius 1 is 1.33 bits per heavy atom. The summed E-state index contributed by atoms with van der Waals surface area (Å²) in [6.45, 7) is 0. The van der Waals surface area contributed by atoms with Crippen LogP contribution in [-0.2, 0) is 4.79 Å². The zero-order chi connectivity index (χ0) is 19.1. The molecule has 1 aliphatic carbocycles. The fraction of sp³-hybridized carbons (Fsp3) is 0.200. The number of anilines is 1. The Balaban J connectivity index is 1.99. The first kappa shape index (κ1) is 18.0. The molecule has 4 nitrogen and oxygen atoms in total. The van der Waals surface area contributed by atoms with Gasteiger partial charge in [-0.05, 0) is 42.5 Å². The van der Waals surface area contributed by atoms with E-state index in [1.807, 2.05) is 17.5 Å². The summed E-state index contributed by atoms with van der Waals surface area (Å²) in [5.74, 6) is -0.764. The second-order valence-corrected chi connectivity index (χ2v) is 8.32. The van der Waals surface area contributed by atoms with Gasteiger partial charge in [0.25, 0.3) is 0 Å². The molecule has 2 N–H and O–H groups in total. The Bertz CT molecular complexity index is 1040. The van der Waals surface area contributed by atoms with Crippen molar-refractivity contribution in [3.63, 3.8) is 0 Å². The molecule has 1 aromatic heterocycles. The fourth-order valence-electron chi connectivity index (χ4n) is 3.76. The molecule has 1 aliphatic heterocycles. The third-order valence-corrected chi connectivity index (χ3v) is 6.32. The summed E-state index contributed by atoms with van der Waals surface area (Å²) in [5.41, 5.74) is 8.18. The lowest BCUT2D eigenvalue weighted by Crippen LogP contribution is -2.39. The highest BCUT2D eigenvalue weighted by Gasteiger charge is 2.41. The molecule has 0 spiro atoms. The molecule has 0 fully saturated rings. The number of benzene rings is 1. The number of halogens is 2. The second kappa shape index (κ2) is 6.95. The summed E-state index contributed by atoms with van der Waals surface area (Å²) in [7, 11) is 0. The Morgan fingerprint density at radius 2 is 2.15 bits per heavy atom. The Hall–Kier alpha value is -2.43. The van der Waals surface area contributed by atoms with Crippen molar-refractivity contribution in [1.82, 2.24) is 0 Å². The lowest BCUT2D eigenvalue weighted by molar-refractivity contribution is -0.116. The molecule has 7 heteroatoms. The maximum Gasteiger partial charge on any atom is 0.161 e. The quantitative estimate of drug-likeness (QED) is 0.712. The number of nitrogens with two attached hydrogens (primary N) is 1. The van der Waals surface area contributed by atoms with E-state index in [1.54, 1.807) is 17.0 Å². The van der Waals surface area contributed by atoms with Crippen molar-refractivity contribution in [2.24, 2.45) is 5.73 Å². The van der Waals surface area contributed by atoms with E-state index >= 15 is 0 Å². The van der Waals surface area contributed by atoms with E-state index in [2.05, 4.69) is 22.0 Å². The number of hydrogen-bond acceptors (Lipinski definition) is 5. The average Bonchev–Trinajstić information content (AvgIpc) is 3.16. The predicted octanol–water partition coefficient (Wildman–Crippen LogP) is 4.95. The molecular formula is C20H15BrFN3OS. The van der Waals surface area contributed by atoms with Crippen molar-refractivity contribution in [1.29, 1.82) is 5.26 Å². The van der Waals surface area contributed by atoms with Gasteiger partial charge in [0.1, 0.15) is 11.6 Å². The Kier molecular flexibility index (Phi) is 4.62. The van der Waals surface area contributed by atoms with Crippen molar-refractivity contribution >= 4 is 38.7 Å². The highest BCUT2D eigenvalue weighted by atomic mass is 79.9. The molecular weight excluding hydrogens is 429 g/mol. The fourth-order valence-corrected chi connectivity index (χ4v) is 4.94. The van der Waals surface area contributed by atoms with Crippen LogP contribution >= 0.6 is 27.3 Å². The summed E-state index contributed by atoms with van der Waals surface area (Å²) in [5, 5.41) is 11.8. The van der Waals surface area contributed by atoms with Crippen LogP contribution in [0.4, 0.5) is 10.1 Å². The van der Waals surface area contributed by atoms with Crippen LogP contribution in [0.3, 0.4) is 0 Å². The topological polar surface area (TPSA) is 70.1 Å². The van der Waals surface area contributed by atoms with E-state index in [4.69, 9.17) is 5.73 Å². The van der Waals surface area contributed by atoms with Crippen LogP contribution in [0.25, 0.3) is 0 Å². The van der Waals surface area contributed by atoms with Crippen molar-refractivity contribution in [2.75, 3.05) is 4.90 Å². The van der Waals surface area contributed by atoms with Gasteiger partial charge < -0.3 is 5.73 Å². The first-order chi connectivity index (χ1) is 13.0. The maximum absolute atomic E-state index is 14.7. The SMILES string of the molecule is N#CC1=C(N)N(c2ccc(Br)cc2F)C2=C(C(=O)CCC2)C1c1cccs1. The van der Waals surface area contributed by atoms with Crippen LogP contribution in [0.1, 0.15) is 30.1 Å². The number of carbonyl (C=O) groups is 1. The third kappa shape index (κ3) is 2.89. The van der Waals surface area contributed by atoms with Crippen molar-refractivity contribution in [3.05, 3.63) is 73.5 Å². The first-order valence-electron chi connectivity index (χ1n) is 8.47. The van der Waals surface area contributed by atoms with E-state index in [1.165, 1.54) is 17.4 Å².